The van der Waals surface area contributed by atoms with E-state index in [0.29, 0.717) is 11.6 Å². The van der Waals surface area contributed by atoms with Gasteiger partial charge in [-0.3, -0.25) is 9.69 Å². The van der Waals surface area contributed by atoms with Crippen LogP contribution in [0.5, 0.6) is 0 Å². The van der Waals surface area contributed by atoms with Gasteiger partial charge in [0, 0.05) is 32.2 Å². The van der Waals surface area contributed by atoms with Crippen LogP contribution >= 0.6 is 11.6 Å². The second kappa shape index (κ2) is 7.64. The highest BCUT2D eigenvalue weighted by molar-refractivity contribution is 6.31. The molecule has 5 nitrogen and oxygen atoms in total. The molecule has 0 spiro atoms. The fraction of sp³-hybridized carbons (Fsp3) is 0.533. The molecule has 0 bridgehead atoms. The summed E-state index contributed by atoms with van der Waals surface area (Å²) in [6, 6.07) is 5.53. The summed E-state index contributed by atoms with van der Waals surface area (Å²) >= 11 is 6.03. The zero-order valence-corrected chi connectivity index (χ0v) is 13.4. The maximum atomic E-state index is 12.2. The van der Waals surface area contributed by atoms with Gasteiger partial charge in [0.25, 0.3) is 0 Å². The van der Waals surface area contributed by atoms with Crippen molar-refractivity contribution in [1.82, 2.24) is 10.2 Å². The van der Waals surface area contributed by atoms with Gasteiger partial charge in [0.15, 0.2) is 0 Å². The predicted octanol–water partition coefficient (Wildman–Crippen LogP) is 1.64. The molecule has 1 aromatic rings. The number of halogens is 1. The molecule has 1 saturated heterocycles. The fourth-order valence-electron chi connectivity index (χ4n) is 2.45. The minimum atomic E-state index is 0.00210. The molecule has 116 valence electrons. The molecule has 0 radical (unpaired) electrons. The summed E-state index contributed by atoms with van der Waals surface area (Å²) in [5, 5.41) is 6.93. The summed E-state index contributed by atoms with van der Waals surface area (Å²) in [6.45, 7) is 4.24. The van der Waals surface area contributed by atoms with Crippen LogP contribution in [0, 0.1) is 0 Å². The van der Waals surface area contributed by atoms with Crippen LogP contribution < -0.4 is 15.5 Å². The van der Waals surface area contributed by atoms with E-state index in [9.17, 15) is 4.79 Å². The molecule has 1 amide bonds. The molecule has 1 heterocycles. The third kappa shape index (κ3) is 4.88. The molecule has 0 aliphatic carbocycles. The monoisotopic (exact) mass is 310 g/mol. The molecule has 21 heavy (non-hydrogen) atoms. The Bertz CT molecular complexity index is 485. The molecule has 1 aliphatic rings. The third-order valence-corrected chi connectivity index (χ3v) is 3.75. The first-order valence-electron chi connectivity index (χ1n) is 7.26. The van der Waals surface area contributed by atoms with Crippen molar-refractivity contribution in [3.05, 3.63) is 23.2 Å². The number of hydrogen-bond acceptors (Lipinski definition) is 4. The normalized spacial score (nSPS) is 16.3. The van der Waals surface area contributed by atoms with Crippen molar-refractivity contribution in [3.63, 3.8) is 0 Å². The molecule has 2 N–H and O–H groups in total. The second-order valence-electron chi connectivity index (χ2n) is 5.48. The summed E-state index contributed by atoms with van der Waals surface area (Å²) in [5.74, 6) is 0.00210. The van der Waals surface area contributed by atoms with E-state index in [-0.39, 0.29) is 5.91 Å². The van der Waals surface area contributed by atoms with Crippen molar-refractivity contribution in [2.45, 2.75) is 6.42 Å². The SMILES string of the molecule is CN(C)c1ccc(Cl)cc1NC(=O)CN1CCCNCC1. The Morgan fingerprint density at radius 2 is 2.19 bits per heavy atom. The zero-order chi connectivity index (χ0) is 15.2. The Labute approximate surface area is 131 Å². The highest BCUT2D eigenvalue weighted by Gasteiger charge is 2.14. The molecule has 1 fully saturated rings. The highest BCUT2D eigenvalue weighted by atomic mass is 35.5. The average Bonchev–Trinajstić information content (AvgIpc) is 2.66. The first-order valence-corrected chi connectivity index (χ1v) is 7.64. The Kier molecular flexibility index (Phi) is 5.85. The van der Waals surface area contributed by atoms with Gasteiger partial charge in [0.1, 0.15) is 0 Å². The molecule has 1 aliphatic heterocycles. The maximum absolute atomic E-state index is 12.2. The lowest BCUT2D eigenvalue weighted by Gasteiger charge is -2.21. The minimum absolute atomic E-state index is 0.00210. The number of carbonyl (C=O) groups excluding carboxylic acids is 1. The van der Waals surface area contributed by atoms with Crippen molar-refractivity contribution < 1.29 is 4.79 Å². The van der Waals surface area contributed by atoms with E-state index in [1.165, 1.54) is 0 Å². The largest absolute Gasteiger partial charge is 0.376 e. The molecule has 0 saturated carbocycles. The topological polar surface area (TPSA) is 47.6 Å². The molecular formula is C15H23ClN4O. The highest BCUT2D eigenvalue weighted by Crippen LogP contribution is 2.27. The molecule has 0 unspecified atom stereocenters. The van der Waals surface area contributed by atoms with E-state index in [1.807, 2.05) is 31.1 Å². The van der Waals surface area contributed by atoms with Gasteiger partial charge in [-0.1, -0.05) is 11.6 Å². The first kappa shape index (κ1) is 16.1. The van der Waals surface area contributed by atoms with Crippen LogP contribution in [0.4, 0.5) is 11.4 Å². The van der Waals surface area contributed by atoms with Crippen molar-refractivity contribution >= 4 is 28.9 Å². The second-order valence-corrected chi connectivity index (χ2v) is 5.92. The molecule has 1 aromatic carbocycles. The Morgan fingerprint density at radius 1 is 1.38 bits per heavy atom. The van der Waals surface area contributed by atoms with Gasteiger partial charge in [0.2, 0.25) is 5.91 Å². The van der Waals surface area contributed by atoms with Crippen LogP contribution in [0.3, 0.4) is 0 Å². The number of nitrogens with one attached hydrogen (secondary N) is 2. The van der Waals surface area contributed by atoms with Crippen molar-refractivity contribution in [3.8, 4) is 0 Å². The fourth-order valence-corrected chi connectivity index (χ4v) is 2.62. The minimum Gasteiger partial charge on any atom is -0.376 e. The lowest BCUT2D eigenvalue weighted by molar-refractivity contribution is -0.117. The Hall–Kier alpha value is -1.30. The Balaban J connectivity index is 2.00. The van der Waals surface area contributed by atoms with E-state index < -0.39 is 0 Å². The van der Waals surface area contributed by atoms with Crippen LogP contribution in [0.2, 0.25) is 5.02 Å². The number of amides is 1. The zero-order valence-electron chi connectivity index (χ0n) is 12.7. The molecule has 2 rings (SSSR count). The number of rotatable bonds is 4. The molecule has 0 atom stereocenters. The van der Waals surface area contributed by atoms with Gasteiger partial charge < -0.3 is 15.5 Å². The number of nitrogens with zero attached hydrogens (tertiary/aromatic N) is 2. The summed E-state index contributed by atoms with van der Waals surface area (Å²) in [7, 11) is 3.89. The van der Waals surface area contributed by atoms with E-state index in [2.05, 4.69) is 15.5 Å². The average molecular weight is 311 g/mol. The maximum Gasteiger partial charge on any atom is 0.238 e. The third-order valence-electron chi connectivity index (χ3n) is 3.51. The van der Waals surface area contributed by atoms with Crippen LogP contribution in [0.1, 0.15) is 6.42 Å². The van der Waals surface area contributed by atoms with Gasteiger partial charge in [0.05, 0.1) is 17.9 Å². The summed E-state index contributed by atoms with van der Waals surface area (Å²) in [4.78, 5) is 16.4. The molecule has 0 aromatic heterocycles. The number of hydrogen-bond donors (Lipinski definition) is 2. The van der Waals surface area contributed by atoms with Crippen LogP contribution in [0.15, 0.2) is 18.2 Å². The van der Waals surface area contributed by atoms with Gasteiger partial charge in [-0.25, -0.2) is 0 Å². The quantitative estimate of drug-likeness (QED) is 0.887. The van der Waals surface area contributed by atoms with Crippen molar-refractivity contribution in [2.75, 3.05) is 57.0 Å². The lowest BCUT2D eigenvalue weighted by Crippen LogP contribution is -2.35. The van der Waals surface area contributed by atoms with Crippen LogP contribution in [0.25, 0.3) is 0 Å². The molecule has 6 heteroatoms. The smallest absolute Gasteiger partial charge is 0.238 e. The summed E-state index contributed by atoms with van der Waals surface area (Å²) in [6.07, 6.45) is 1.08. The van der Waals surface area contributed by atoms with E-state index in [0.717, 1.165) is 44.0 Å². The van der Waals surface area contributed by atoms with Crippen LogP contribution in [-0.4, -0.2) is 57.6 Å². The summed E-state index contributed by atoms with van der Waals surface area (Å²) in [5.41, 5.74) is 1.70. The van der Waals surface area contributed by atoms with E-state index in [4.69, 9.17) is 11.6 Å². The van der Waals surface area contributed by atoms with Gasteiger partial charge in [-0.2, -0.15) is 0 Å². The van der Waals surface area contributed by atoms with E-state index in [1.54, 1.807) is 6.07 Å². The van der Waals surface area contributed by atoms with Gasteiger partial charge >= 0.3 is 0 Å². The summed E-state index contributed by atoms with van der Waals surface area (Å²) < 4.78 is 0. The lowest BCUT2D eigenvalue weighted by atomic mass is 10.2. The Morgan fingerprint density at radius 3 is 2.95 bits per heavy atom. The van der Waals surface area contributed by atoms with Crippen molar-refractivity contribution in [2.24, 2.45) is 0 Å². The van der Waals surface area contributed by atoms with Gasteiger partial charge in [-0.15, -0.1) is 0 Å². The number of anilines is 2. The standard InChI is InChI=1S/C15H23ClN4O/c1-19(2)14-5-4-12(16)10-13(14)18-15(21)11-20-8-3-6-17-7-9-20/h4-5,10,17H,3,6-9,11H2,1-2H3,(H,18,21). The van der Waals surface area contributed by atoms with Gasteiger partial charge in [-0.05, 0) is 37.7 Å². The van der Waals surface area contributed by atoms with Crippen LogP contribution in [-0.2, 0) is 4.79 Å². The first-order chi connectivity index (χ1) is 10.1. The number of carbonyl (C=O) groups is 1. The van der Waals surface area contributed by atoms with Crippen molar-refractivity contribution in [1.29, 1.82) is 0 Å². The van der Waals surface area contributed by atoms with E-state index >= 15 is 0 Å². The molecular weight excluding hydrogens is 288 g/mol. The predicted molar refractivity (Wildman–Crippen MR) is 88.3 cm³/mol. The number of benzene rings is 1.